The van der Waals surface area contributed by atoms with Crippen molar-refractivity contribution in [1.82, 2.24) is 0 Å². The fraction of sp³-hybridized carbons (Fsp3) is 0.286. The van der Waals surface area contributed by atoms with Gasteiger partial charge in [-0.3, -0.25) is 0 Å². The van der Waals surface area contributed by atoms with E-state index in [1.165, 1.54) is 12.1 Å². The first-order valence-corrected chi connectivity index (χ1v) is 6.27. The fourth-order valence-electron chi connectivity index (χ4n) is 1.76. The Morgan fingerprint density at radius 3 is 2.94 bits per heavy atom. The van der Waals surface area contributed by atoms with Crippen LogP contribution in [0.4, 0.5) is 10.1 Å². The summed E-state index contributed by atoms with van der Waals surface area (Å²) in [6.45, 7) is 2.00. The highest BCUT2D eigenvalue weighted by Gasteiger charge is 2.08. The monoisotopic (exact) mass is 267 g/mol. The average molecular weight is 268 g/mol. The van der Waals surface area contributed by atoms with Crippen LogP contribution < -0.4 is 5.32 Å². The lowest BCUT2D eigenvalue weighted by Gasteiger charge is -2.15. The molecule has 1 atom stereocenters. The molecule has 0 aliphatic rings. The highest BCUT2D eigenvalue weighted by atomic mass is 35.5. The number of furan rings is 1. The van der Waals surface area contributed by atoms with Gasteiger partial charge in [-0.1, -0.05) is 11.6 Å². The van der Waals surface area contributed by atoms with Crippen molar-refractivity contribution < 1.29 is 8.81 Å². The molecule has 0 radical (unpaired) electrons. The van der Waals surface area contributed by atoms with Crippen LogP contribution in [0, 0.1) is 5.82 Å². The molecule has 2 rings (SSSR count). The number of anilines is 1. The van der Waals surface area contributed by atoms with Crippen LogP contribution in [-0.2, 0) is 6.42 Å². The largest absolute Gasteiger partial charge is 0.469 e. The van der Waals surface area contributed by atoms with Crippen LogP contribution in [0.15, 0.2) is 41.0 Å². The van der Waals surface area contributed by atoms with Crippen molar-refractivity contribution in [3.8, 4) is 0 Å². The molecule has 1 aromatic carbocycles. The van der Waals surface area contributed by atoms with Crippen molar-refractivity contribution >= 4 is 17.3 Å². The number of halogens is 2. The maximum Gasteiger partial charge on any atom is 0.146 e. The summed E-state index contributed by atoms with van der Waals surface area (Å²) in [5.74, 6) is 0.652. The quantitative estimate of drug-likeness (QED) is 0.862. The predicted molar refractivity (Wildman–Crippen MR) is 71.5 cm³/mol. The Morgan fingerprint density at radius 1 is 1.39 bits per heavy atom. The minimum atomic E-state index is -0.288. The lowest BCUT2D eigenvalue weighted by atomic mass is 10.1. The molecule has 4 heteroatoms. The highest BCUT2D eigenvalue weighted by molar-refractivity contribution is 6.30. The van der Waals surface area contributed by atoms with Crippen LogP contribution in [0.25, 0.3) is 0 Å². The summed E-state index contributed by atoms with van der Waals surface area (Å²) < 4.78 is 18.8. The predicted octanol–water partition coefficient (Wildman–Crippen LogP) is 4.51. The van der Waals surface area contributed by atoms with E-state index in [2.05, 4.69) is 5.32 Å². The molecule has 18 heavy (non-hydrogen) atoms. The Morgan fingerprint density at radius 2 is 2.22 bits per heavy atom. The molecular formula is C14H15ClFNO. The van der Waals surface area contributed by atoms with Gasteiger partial charge in [-0.25, -0.2) is 4.39 Å². The van der Waals surface area contributed by atoms with E-state index >= 15 is 0 Å². The van der Waals surface area contributed by atoms with Crippen molar-refractivity contribution in [3.63, 3.8) is 0 Å². The van der Waals surface area contributed by atoms with Crippen molar-refractivity contribution in [2.24, 2.45) is 0 Å². The molecule has 96 valence electrons. The first-order valence-electron chi connectivity index (χ1n) is 5.89. The van der Waals surface area contributed by atoms with Crippen LogP contribution in [0.1, 0.15) is 19.1 Å². The molecular weight excluding hydrogens is 253 g/mol. The Labute approximate surface area is 111 Å². The third-order valence-electron chi connectivity index (χ3n) is 2.73. The number of aryl methyl sites for hydroxylation is 1. The Kier molecular flexibility index (Phi) is 4.26. The van der Waals surface area contributed by atoms with Crippen molar-refractivity contribution in [1.29, 1.82) is 0 Å². The van der Waals surface area contributed by atoms with Gasteiger partial charge in [0, 0.05) is 17.5 Å². The van der Waals surface area contributed by atoms with E-state index in [-0.39, 0.29) is 11.9 Å². The fourth-order valence-corrected chi connectivity index (χ4v) is 1.93. The number of hydrogen-bond acceptors (Lipinski definition) is 2. The molecule has 0 aliphatic carbocycles. The summed E-state index contributed by atoms with van der Waals surface area (Å²) in [4.78, 5) is 0. The molecule has 1 N–H and O–H groups in total. The van der Waals surface area contributed by atoms with Crippen molar-refractivity contribution in [3.05, 3.63) is 53.2 Å². The second-order valence-corrected chi connectivity index (χ2v) is 4.72. The Balaban J connectivity index is 1.90. The van der Waals surface area contributed by atoms with Gasteiger partial charge < -0.3 is 9.73 Å². The highest BCUT2D eigenvalue weighted by Crippen LogP contribution is 2.21. The minimum Gasteiger partial charge on any atom is -0.469 e. The van der Waals surface area contributed by atoms with Gasteiger partial charge in [-0.15, -0.1) is 0 Å². The molecule has 0 fully saturated rings. The van der Waals surface area contributed by atoms with Gasteiger partial charge in [0.1, 0.15) is 11.6 Å². The molecule has 0 bridgehead atoms. The lowest BCUT2D eigenvalue weighted by molar-refractivity contribution is 0.494. The molecule has 2 nitrogen and oxygen atoms in total. The second kappa shape index (κ2) is 5.91. The molecule has 0 aliphatic heterocycles. The van der Waals surface area contributed by atoms with E-state index in [9.17, 15) is 4.39 Å². The SMILES string of the molecule is CC(CCc1ccco1)Nc1cc(Cl)ccc1F. The first-order chi connectivity index (χ1) is 8.65. The van der Waals surface area contributed by atoms with Crippen LogP contribution in [-0.4, -0.2) is 6.04 Å². The summed E-state index contributed by atoms with van der Waals surface area (Å²) >= 11 is 5.84. The van der Waals surface area contributed by atoms with Gasteiger partial charge >= 0.3 is 0 Å². The van der Waals surface area contributed by atoms with E-state index in [4.69, 9.17) is 16.0 Å². The zero-order valence-corrected chi connectivity index (χ0v) is 10.9. The van der Waals surface area contributed by atoms with Gasteiger partial charge in [0.15, 0.2) is 0 Å². The standard InChI is InChI=1S/C14H15ClFNO/c1-10(4-6-12-3-2-8-18-12)17-14-9-11(15)5-7-13(14)16/h2-3,5,7-10,17H,4,6H2,1H3. The molecule has 0 saturated carbocycles. The topological polar surface area (TPSA) is 25.2 Å². The zero-order chi connectivity index (χ0) is 13.0. The van der Waals surface area contributed by atoms with E-state index < -0.39 is 0 Å². The van der Waals surface area contributed by atoms with E-state index in [0.29, 0.717) is 10.7 Å². The van der Waals surface area contributed by atoms with Crippen LogP contribution in [0.2, 0.25) is 5.02 Å². The third kappa shape index (κ3) is 3.50. The van der Waals surface area contributed by atoms with E-state index in [0.717, 1.165) is 18.6 Å². The van der Waals surface area contributed by atoms with Crippen LogP contribution in [0.3, 0.4) is 0 Å². The van der Waals surface area contributed by atoms with Crippen molar-refractivity contribution in [2.45, 2.75) is 25.8 Å². The number of rotatable bonds is 5. The summed E-state index contributed by atoms with van der Waals surface area (Å²) in [6, 6.07) is 8.44. The number of hydrogen-bond donors (Lipinski definition) is 1. The summed E-state index contributed by atoms with van der Waals surface area (Å²) in [5.41, 5.74) is 0.439. The van der Waals surface area contributed by atoms with Gasteiger partial charge in [0.25, 0.3) is 0 Å². The molecule has 1 aromatic heterocycles. The van der Waals surface area contributed by atoms with Gasteiger partial charge in [-0.2, -0.15) is 0 Å². The van der Waals surface area contributed by atoms with Gasteiger partial charge in [-0.05, 0) is 43.7 Å². The molecule has 2 aromatic rings. The second-order valence-electron chi connectivity index (χ2n) is 4.29. The third-order valence-corrected chi connectivity index (χ3v) is 2.97. The normalized spacial score (nSPS) is 12.4. The maximum absolute atomic E-state index is 13.5. The molecule has 0 spiro atoms. The molecule has 1 heterocycles. The summed E-state index contributed by atoms with van der Waals surface area (Å²) in [7, 11) is 0. The molecule has 0 saturated heterocycles. The van der Waals surface area contributed by atoms with Crippen LogP contribution in [0.5, 0.6) is 0 Å². The number of benzene rings is 1. The smallest absolute Gasteiger partial charge is 0.146 e. The van der Waals surface area contributed by atoms with Crippen molar-refractivity contribution in [2.75, 3.05) is 5.32 Å². The average Bonchev–Trinajstić information content (AvgIpc) is 2.84. The first kappa shape index (κ1) is 13.0. The Hall–Kier alpha value is -1.48. The minimum absolute atomic E-state index is 0.142. The Bertz CT molecular complexity index is 499. The summed E-state index contributed by atoms with van der Waals surface area (Å²) in [5, 5.41) is 3.64. The van der Waals surface area contributed by atoms with Crippen LogP contribution >= 0.6 is 11.6 Å². The zero-order valence-electron chi connectivity index (χ0n) is 10.1. The van der Waals surface area contributed by atoms with Gasteiger partial charge in [0.05, 0.1) is 12.0 Å². The van der Waals surface area contributed by atoms with E-state index in [1.54, 1.807) is 12.3 Å². The molecule has 0 amide bonds. The summed E-state index contributed by atoms with van der Waals surface area (Å²) in [6.07, 6.45) is 3.34. The maximum atomic E-state index is 13.5. The lowest BCUT2D eigenvalue weighted by Crippen LogP contribution is -2.16. The van der Waals surface area contributed by atoms with E-state index in [1.807, 2.05) is 19.1 Å². The molecule has 1 unspecified atom stereocenters. The van der Waals surface area contributed by atoms with Gasteiger partial charge in [0.2, 0.25) is 0 Å². The number of nitrogens with one attached hydrogen (secondary N) is 1.